The second-order valence-electron chi connectivity index (χ2n) is 4.84. The number of hydrogen-bond donors (Lipinski definition) is 2. The highest BCUT2D eigenvalue weighted by Gasteiger charge is 2.30. The van der Waals surface area contributed by atoms with Crippen LogP contribution in [0.4, 0.5) is 4.39 Å². The number of benzene rings is 1. The number of phenolic OH excluding ortho intramolecular Hbond substituents is 1. The van der Waals surface area contributed by atoms with Crippen LogP contribution in [0.25, 0.3) is 0 Å². The summed E-state index contributed by atoms with van der Waals surface area (Å²) in [5.41, 5.74) is 7.28. The molecule has 0 saturated heterocycles. The van der Waals surface area contributed by atoms with Gasteiger partial charge in [-0.1, -0.05) is 25.3 Å². The van der Waals surface area contributed by atoms with E-state index in [1.807, 2.05) is 0 Å². The van der Waals surface area contributed by atoms with E-state index >= 15 is 0 Å². The summed E-state index contributed by atoms with van der Waals surface area (Å²) in [5, 5.41) is 9.50. The fourth-order valence-electron chi connectivity index (χ4n) is 2.51. The van der Waals surface area contributed by atoms with Gasteiger partial charge in [0.25, 0.3) is 0 Å². The van der Waals surface area contributed by atoms with Gasteiger partial charge in [0.05, 0.1) is 0 Å². The van der Waals surface area contributed by atoms with Gasteiger partial charge in [0.1, 0.15) is 0 Å². The smallest absolute Gasteiger partial charge is 0.167 e. The van der Waals surface area contributed by atoms with Gasteiger partial charge in [-0.05, 0) is 37.0 Å². The van der Waals surface area contributed by atoms with Crippen LogP contribution in [0.2, 0.25) is 0 Å². The summed E-state index contributed by atoms with van der Waals surface area (Å²) in [5.74, 6) is -0.825. The molecule has 0 atom stereocenters. The first-order chi connectivity index (χ1) is 7.53. The van der Waals surface area contributed by atoms with Crippen LogP contribution in [0.3, 0.4) is 0 Å². The molecule has 1 aromatic carbocycles. The fraction of sp³-hybridized carbons (Fsp3) is 0.538. The van der Waals surface area contributed by atoms with E-state index in [1.54, 1.807) is 13.0 Å². The lowest BCUT2D eigenvalue weighted by molar-refractivity contribution is 0.300. The summed E-state index contributed by atoms with van der Waals surface area (Å²) in [6, 6.07) is 3.24. The van der Waals surface area contributed by atoms with Gasteiger partial charge in [-0.3, -0.25) is 0 Å². The van der Waals surface area contributed by atoms with E-state index < -0.39 is 5.82 Å². The molecule has 88 valence electrons. The third-order valence-electron chi connectivity index (χ3n) is 3.56. The Bertz CT molecular complexity index is 374. The summed E-state index contributed by atoms with van der Waals surface area (Å²) in [6.45, 7) is 1.66. The first-order valence-electron chi connectivity index (χ1n) is 5.81. The van der Waals surface area contributed by atoms with Crippen LogP contribution in [0, 0.1) is 12.7 Å². The van der Waals surface area contributed by atoms with E-state index in [9.17, 15) is 9.50 Å². The van der Waals surface area contributed by atoms with Crippen molar-refractivity contribution in [2.45, 2.75) is 44.6 Å². The van der Waals surface area contributed by atoms with E-state index in [0.29, 0.717) is 5.56 Å². The largest absolute Gasteiger partial charge is 0.505 e. The van der Waals surface area contributed by atoms with Crippen LogP contribution in [-0.4, -0.2) is 5.11 Å². The Morgan fingerprint density at radius 1 is 1.25 bits per heavy atom. The van der Waals surface area contributed by atoms with Crippen LogP contribution < -0.4 is 5.73 Å². The zero-order valence-electron chi connectivity index (χ0n) is 9.59. The maximum absolute atomic E-state index is 13.3. The standard InChI is InChI=1S/C13H18FNO/c1-9-7-10(8-11(16)12(9)14)13(15)5-3-2-4-6-13/h7-8,16H,2-6,15H2,1H3. The van der Waals surface area contributed by atoms with Crippen LogP contribution in [0.1, 0.15) is 43.2 Å². The van der Waals surface area contributed by atoms with Gasteiger partial charge in [0.15, 0.2) is 11.6 Å². The minimum atomic E-state index is -0.539. The molecular formula is C13H18FNO. The summed E-state index contributed by atoms with van der Waals surface area (Å²) >= 11 is 0. The van der Waals surface area contributed by atoms with Gasteiger partial charge >= 0.3 is 0 Å². The quantitative estimate of drug-likeness (QED) is 0.768. The normalized spacial score (nSPS) is 19.7. The SMILES string of the molecule is Cc1cc(C2(N)CCCCC2)cc(O)c1F. The van der Waals surface area contributed by atoms with E-state index in [2.05, 4.69) is 0 Å². The molecule has 1 aliphatic rings. The van der Waals surface area contributed by atoms with E-state index in [-0.39, 0.29) is 11.3 Å². The molecule has 0 amide bonds. The zero-order valence-corrected chi connectivity index (χ0v) is 9.59. The predicted octanol–water partition coefficient (Wildman–Crippen LogP) is 2.96. The van der Waals surface area contributed by atoms with E-state index in [4.69, 9.17) is 5.73 Å². The summed E-state index contributed by atoms with van der Waals surface area (Å²) in [4.78, 5) is 0. The highest BCUT2D eigenvalue weighted by Crippen LogP contribution is 2.37. The Kier molecular flexibility index (Phi) is 2.89. The van der Waals surface area contributed by atoms with Crippen LogP contribution in [0.15, 0.2) is 12.1 Å². The van der Waals surface area contributed by atoms with Gasteiger partial charge in [-0.2, -0.15) is 0 Å². The summed E-state index contributed by atoms with van der Waals surface area (Å²) < 4.78 is 13.3. The molecule has 0 aromatic heterocycles. The fourth-order valence-corrected chi connectivity index (χ4v) is 2.51. The Morgan fingerprint density at radius 2 is 1.88 bits per heavy atom. The number of nitrogens with two attached hydrogens (primary N) is 1. The Labute approximate surface area is 95.3 Å². The average molecular weight is 223 g/mol. The lowest BCUT2D eigenvalue weighted by Gasteiger charge is -2.34. The number of halogens is 1. The van der Waals surface area contributed by atoms with Crippen molar-refractivity contribution in [1.82, 2.24) is 0 Å². The minimum absolute atomic E-state index is 0.287. The average Bonchev–Trinajstić information content (AvgIpc) is 2.26. The van der Waals surface area contributed by atoms with Gasteiger partial charge in [0.2, 0.25) is 0 Å². The molecule has 0 spiro atoms. The van der Waals surface area contributed by atoms with Crippen molar-refractivity contribution in [3.05, 3.63) is 29.1 Å². The van der Waals surface area contributed by atoms with Gasteiger partial charge in [-0.15, -0.1) is 0 Å². The van der Waals surface area contributed by atoms with Crippen LogP contribution >= 0.6 is 0 Å². The molecule has 16 heavy (non-hydrogen) atoms. The second kappa shape index (κ2) is 4.06. The van der Waals surface area contributed by atoms with Crippen molar-refractivity contribution in [3.63, 3.8) is 0 Å². The Morgan fingerprint density at radius 3 is 2.44 bits per heavy atom. The second-order valence-corrected chi connectivity index (χ2v) is 4.84. The van der Waals surface area contributed by atoms with Gasteiger partial charge in [0, 0.05) is 5.54 Å². The Balaban J connectivity index is 2.39. The molecule has 2 nitrogen and oxygen atoms in total. The van der Waals surface area contributed by atoms with E-state index in [1.165, 1.54) is 12.5 Å². The molecule has 1 aromatic rings. The highest BCUT2D eigenvalue weighted by molar-refractivity contribution is 5.38. The summed E-state index contributed by atoms with van der Waals surface area (Å²) in [6.07, 6.45) is 5.25. The van der Waals surface area contributed by atoms with Crippen molar-refractivity contribution in [1.29, 1.82) is 0 Å². The molecule has 2 rings (SSSR count). The molecule has 0 radical (unpaired) electrons. The lowest BCUT2D eigenvalue weighted by Crippen LogP contribution is -2.38. The zero-order chi connectivity index (χ0) is 11.8. The van der Waals surface area contributed by atoms with Crippen molar-refractivity contribution in [3.8, 4) is 5.75 Å². The first kappa shape index (κ1) is 11.4. The summed E-state index contributed by atoms with van der Waals surface area (Å²) in [7, 11) is 0. The predicted molar refractivity (Wildman–Crippen MR) is 61.8 cm³/mol. The van der Waals surface area contributed by atoms with Crippen LogP contribution in [0.5, 0.6) is 5.75 Å². The number of hydrogen-bond acceptors (Lipinski definition) is 2. The van der Waals surface area contributed by atoms with Gasteiger partial charge in [-0.25, -0.2) is 4.39 Å². The maximum Gasteiger partial charge on any atom is 0.167 e. The molecule has 3 heteroatoms. The molecule has 0 bridgehead atoms. The molecular weight excluding hydrogens is 205 g/mol. The minimum Gasteiger partial charge on any atom is -0.505 e. The third kappa shape index (κ3) is 1.92. The van der Waals surface area contributed by atoms with E-state index in [0.717, 1.165) is 31.2 Å². The van der Waals surface area contributed by atoms with Crippen LogP contribution in [-0.2, 0) is 5.54 Å². The molecule has 1 saturated carbocycles. The lowest BCUT2D eigenvalue weighted by atomic mass is 9.77. The molecule has 1 fully saturated rings. The van der Waals surface area contributed by atoms with Gasteiger partial charge < -0.3 is 10.8 Å². The Hall–Kier alpha value is -1.09. The van der Waals surface area contributed by atoms with Crippen molar-refractivity contribution < 1.29 is 9.50 Å². The number of phenols is 1. The van der Waals surface area contributed by atoms with Crippen molar-refractivity contribution in [2.75, 3.05) is 0 Å². The van der Waals surface area contributed by atoms with Crippen molar-refractivity contribution in [2.24, 2.45) is 5.73 Å². The molecule has 0 aliphatic heterocycles. The molecule has 0 heterocycles. The first-order valence-corrected chi connectivity index (χ1v) is 5.81. The maximum atomic E-state index is 13.3. The number of aryl methyl sites for hydroxylation is 1. The third-order valence-corrected chi connectivity index (χ3v) is 3.56. The molecule has 3 N–H and O–H groups in total. The number of rotatable bonds is 1. The monoisotopic (exact) mass is 223 g/mol. The highest BCUT2D eigenvalue weighted by atomic mass is 19.1. The van der Waals surface area contributed by atoms with Crippen molar-refractivity contribution >= 4 is 0 Å². The molecule has 1 aliphatic carbocycles. The molecule has 0 unspecified atom stereocenters. The topological polar surface area (TPSA) is 46.2 Å². The number of aromatic hydroxyl groups is 1.